The summed E-state index contributed by atoms with van der Waals surface area (Å²) in [5.74, 6) is 0.142. The van der Waals surface area contributed by atoms with Crippen LogP contribution in [0.4, 0.5) is 0 Å². The molecule has 0 spiro atoms. The van der Waals surface area contributed by atoms with Gasteiger partial charge in [0, 0.05) is 25.7 Å². The van der Waals surface area contributed by atoms with E-state index < -0.39 is 0 Å². The average Bonchev–Trinajstić information content (AvgIpc) is 3.07. The van der Waals surface area contributed by atoms with Crippen LogP contribution >= 0.6 is 11.3 Å². The molecule has 1 N–H and O–H groups in total. The molecule has 1 amide bonds. The second-order valence-electron chi connectivity index (χ2n) is 6.04. The van der Waals surface area contributed by atoms with Gasteiger partial charge in [0.2, 0.25) is 0 Å². The van der Waals surface area contributed by atoms with Gasteiger partial charge in [-0.1, -0.05) is 18.9 Å². The van der Waals surface area contributed by atoms with Crippen LogP contribution in [0.3, 0.4) is 0 Å². The number of carbonyl (C=O) groups is 1. The van der Waals surface area contributed by atoms with Crippen molar-refractivity contribution in [2.45, 2.75) is 31.8 Å². The van der Waals surface area contributed by atoms with Gasteiger partial charge < -0.3 is 10.0 Å². The highest BCUT2D eigenvalue weighted by Crippen LogP contribution is 2.27. The maximum absolute atomic E-state index is 12.6. The summed E-state index contributed by atoms with van der Waals surface area (Å²) in [5.41, 5.74) is 0.780. The fourth-order valence-corrected chi connectivity index (χ4v) is 3.89. The second-order valence-corrected chi connectivity index (χ2v) is 7.07. The molecule has 2 unspecified atom stereocenters. The molecule has 1 aliphatic carbocycles. The molecule has 2 atom stereocenters. The topological polar surface area (TPSA) is 66.3 Å². The second kappa shape index (κ2) is 7.19. The Morgan fingerprint density at radius 1 is 1.35 bits per heavy atom. The first-order valence-corrected chi connectivity index (χ1v) is 8.77. The van der Waals surface area contributed by atoms with Gasteiger partial charge in [0.25, 0.3) is 5.91 Å². The Balaban J connectivity index is 1.67. The summed E-state index contributed by atoms with van der Waals surface area (Å²) >= 11 is 1.36. The predicted molar refractivity (Wildman–Crippen MR) is 90.3 cm³/mol. The number of aliphatic hydroxyl groups is 1. The highest BCUT2D eigenvalue weighted by atomic mass is 32.1. The number of thiazole rings is 1. The van der Waals surface area contributed by atoms with E-state index in [0.717, 1.165) is 36.4 Å². The van der Waals surface area contributed by atoms with Gasteiger partial charge in [-0.05, 0) is 25.0 Å². The summed E-state index contributed by atoms with van der Waals surface area (Å²) in [6, 6.07) is 5.64. The molecule has 6 heteroatoms. The smallest absolute Gasteiger partial charge is 0.265 e. The molecule has 1 saturated carbocycles. The van der Waals surface area contributed by atoms with Gasteiger partial charge in [-0.3, -0.25) is 9.78 Å². The fraction of sp³-hybridized carbons (Fsp3) is 0.471. The normalized spacial score (nSPS) is 21.1. The van der Waals surface area contributed by atoms with Gasteiger partial charge in [0.1, 0.15) is 9.88 Å². The molecule has 0 radical (unpaired) electrons. The minimum Gasteiger partial charge on any atom is -0.393 e. The zero-order valence-electron chi connectivity index (χ0n) is 13.2. The van der Waals surface area contributed by atoms with Gasteiger partial charge >= 0.3 is 0 Å². The van der Waals surface area contributed by atoms with E-state index in [1.54, 1.807) is 24.3 Å². The average molecular weight is 331 g/mol. The van der Waals surface area contributed by atoms with Crippen molar-refractivity contribution in [1.82, 2.24) is 14.9 Å². The zero-order valence-corrected chi connectivity index (χ0v) is 14.0. The van der Waals surface area contributed by atoms with Crippen LogP contribution in [-0.2, 0) is 0 Å². The molecular formula is C17H21N3O2S. The Kier molecular flexibility index (Phi) is 5.03. The molecule has 0 saturated heterocycles. The lowest BCUT2D eigenvalue weighted by atomic mass is 9.86. The van der Waals surface area contributed by atoms with Crippen molar-refractivity contribution in [3.8, 4) is 10.7 Å². The van der Waals surface area contributed by atoms with E-state index in [4.69, 9.17) is 0 Å². The van der Waals surface area contributed by atoms with Crippen molar-refractivity contribution in [2.24, 2.45) is 5.92 Å². The lowest BCUT2D eigenvalue weighted by Gasteiger charge is -2.31. The van der Waals surface area contributed by atoms with Gasteiger partial charge in [-0.15, -0.1) is 11.3 Å². The number of nitrogens with zero attached hydrogens (tertiary/aromatic N) is 3. The molecule has 0 bridgehead atoms. The first-order chi connectivity index (χ1) is 11.1. The lowest BCUT2D eigenvalue weighted by molar-refractivity contribution is 0.0453. The van der Waals surface area contributed by atoms with E-state index in [0.29, 0.717) is 11.4 Å². The maximum Gasteiger partial charge on any atom is 0.265 e. The molecule has 23 heavy (non-hydrogen) atoms. The molecule has 5 nitrogen and oxygen atoms in total. The van der Waals surface area contributed by atoms with Crippen LogP contribution in [0.2, 0.25) is 0 Å². The van der Waals surface area contributed by atoms with Crippen LogP contribution in [0, 0.1) is 5.92 Å². The molecule has 1 aliphatic rings. The quantitative estimate of drug-likeness (QED) is 0.935. The van der Waals surface area contributed by atoms with Crippen molar-refractivity contribution < 1.29 is 9.90 Å². The van der Waals surface area contributed by atoms with Crippen LogP contribution in [0.5, 0.6) is 0 Å². The number of aliphatic hydroxyl groups excluding tert-OH is 1. The third-order valence-electron chi connectivity index (χ3n) is 4.32. The SMILES string of the molecule is CN(CC1CCCCC1O)C(=O)c1cnc(-c2ccccn2)s1. The Morgan fingerprint density at radius 2 is 2.17 bits per heavy atom. The van der Waals surface area contributed by atoms with Crippen LogP contribution in [0.1, 0.15) is 35.4 Å². The monoisotopic (exact) mass is 331 g/mol. The highest BCUT2D eigenvalue weighted by Gasteiger charge is 2.26. The van der Waals surface area contributed by atoms with E-state index in [-0.39, 0.29) is 17.9 Å². The van der Waals surface area contributed by atoms with Crippen LogP contribution in [0.25, 0.3) is 10.7 Å². The summed E-state index contributed by atoms with van der Waals surface area (Å²) in [6.45, 7) is 0.594. The molecule has 2 aromatic heterocycles. The molecule has 0 aliphatic heterocycles. The number of carbonyl (C=O) groups excluding carboxylic acids is 1. The van der Waals surface area contributed by atoms with Crippen molar-refractivity contribution >= 4 is 17.2 Å². The van der Waals surface area contributed by atoms with Crippen molar-refractivity contribution in [1.29, 1.82) is 0 Å². The first-order valence-electron chi connectivity index (χ1n) is 7.96. The Labute approximate surface area is 140 Å². The third kappa shape index (κ3) is 3.76. The maximum atomic E-state index is 12.6. The third-order valence-corrected chi connectivity index (χ3v) is 5.33. The van der Waals surface area contributed by atoms with Gasteiger partial charge in [0.15, 0.2) is 0 Å². The van der Waals surface area contributed by atoms with Gasteiger partial charge in [0.05, 0.1) is 18.0 Å². The number of hydrogen-bond acceptors (Lipinski definition) is 5. The van der Waals surface area contributed by atoms with Crippen LogP contribution in [0.15, 0.2) is 30.6 Å². The van der Waals surface area contributed by atoms with Crippen molar-refractivity contribution in [2.75, 3.05) is 13.6 Å². The standard InChI is InChI=1S/C17H21N3O2S/c1-20(11-12-6-2-3-8-14(12)21)17(22)15-10-19-16(23-15)13-7-4-5-9-18-13/h4-5,7,9-10,12,14,21H,2-3,6,8,11H2,1H3. The number of aromatic nitrogens is 2. The van der Waals surface area contributed by atoms with E-state index in [2.05, 4.69) is 9.97 Å². The molecule has 3 rings (SSSR count). The summed E-state index contributed by atoms with van der Waals surface area (Å²) in [5, 5.41) is 10.8. The fourth-order valence-electron chi connectivity index (χ4n) is 3.00. The number of amides is 1. The Morgan fingerprint density at radius 3 is 2.91 bits per heavy atom. The zero-order chi connectivity index (χ0) is 16.2. The number of pyridine rings is 1. The molecule has 122 valence electrons. The summed E-state index contributed by atoms with van der Waals surface area (Å²) in [6.07, 6.45) is 7.09. The lowest BCUT2D eigenvalue weighted by Crippen LogP contribution is -2.37. The molecular weight excluding hydrogens is 310 g/mol. The molecule has 2 heterocycles. The first kappa shape index (κ1) is 16.1. The van der Waals surface area contributed by atoms with E-state index >= 15 is 0 Å². The van der Waals surface area contributed by atoms with E-state index in [9.17, 15) is 9.90 Å². The number of rotatable bonds is 4. The van der Waals surface area contributed by atoms with E-state index in [1.807, 2.05) is 18.2 Å². The molecule has 2 aromatic rings. The summed E-state index contributed by atoms with van der Waals surface area (Å²) in [4.78, 5) is 23.4. The van der Waals surface area contributed by atoms with Crippen LogP contribution < -0.4 is 0 Å². The Hall–Kier alpha value is -1.79. The predicted octanol–water partition coefficient (Wildman–Crippen LogP) is 2.83. The Bertz CT molecular complexity index is 659. The van der Waals surface area contributed by atoms with Crippen molar-refractivity contribution in [3.05, 3.63) is 35.5 Å². The van der Waals surface area contributed by atoms with Gasteiger partial charge in [-0.2, -0.15) is 0 Å². The summed E-state index contributed by atoms with van der Waals surface area (Å²) in [7, 11) is 1.80. The minimum atomic E-state index is -0.287. The molecule has 0 aromatic carbocycles. The van der Waals surface area contributed by atoms with Crippen molar-refractivity contribution in [3.63, 3.8) is 0 Å². The largest absolute Gasteiger partial charge is 0.393 e. The van der Waals surface area contributed by atoms with E-state index in [1.165, 1.54) is 11.3 Å². The number of hydrogen-bond donors (Lipinski definition) is 1. The molecule has 1 fully saturated rings. The highest BCUT2D eigenvalue weighted by molar-refractivity contribution is 7.16. The van der Waals surface area contributed by atoms with Gasteiger partial charge in [-0.25, -0.2) is 4.98 Å². The summed E-state index contributed by atoms with van der Waals surface area (Å²) < 4.78 is 0. The minimum absolute atomic E-state index is 0.0394. The van der Waals surface area contributed by atoms with Crippen LogP contribution in [-0.4, -0.2) is 45.6 Å².